The molecular weight excluding hydrogens is 337 g/mol. The molecule has 0 unspecified atom stereocenters. The standard InChI is InChI=1S/C19H22FN3O3/c1-21-9-6-14(13-21)18(24)22-7-3-8-23(11-10-22)19(25)16-12-15(20)4-5-17(16)26-2/h4-6,9,12-13H,3,7-8,10-11H2,1-2H3. The summed E-state index contributed by atoms with van der Waals surface area (Å²) >= 11 is 0. The van der Waals surface area contributed by atoms with Crippen LogP contribution < -0.4 is 4.74 Å². The molecular formula is C19H22FN3O3. The Balaban J connectivity index is 1.71. The maximum absolute atomic E-state index is 13.6. The van der Waals surface area contributed by atoms with E-state index in [0.29, 0.717) is 43.9 Å². The monoisotopic (exact) mass is 359 g/mol. The average molecular weight is 359 g/mol. The van der Waals surface area contributed by atoms with E-state index in [1.54, 1.807) is 22.1 Å². The molecule has 0 radical (unpaired) electrons. The molecule has 0 bridgehead atoms. The fourth-order valence-electron chi connectivity index (χ4n) is 3.15. The molecule has 6 nitrogen and oxygen atoms in total. The first-order chi connectivity index (χ1) is 12.5. The number of nitrogens with zero attached hydrogens (tertiary/aromatic N) is 3. The fourth-order valence-corrected chi connectivity index (χ4v) is 3.15. The molecule has 26 heavy (non-hydrogen) atoms. The first-order valence-corrected chi connectivity index (χ1v) is 8.53. The van der Waals surface area contributed by atoms with E-state index >= 15 is 0 Å². The summed E-state index contributed by atoms with van der Waals surface area (Å²) in [7, 11) is 3.32. The highest BCUT2D eigenvalue weighted by Gasteiger charge is 2.25. The predicted octanol–water partition coefficient (Wildman–Crippen LogP) is 2.16. The van der Waals surface area contributed by atoms with Crippen molar-refractivity contribution in [2.24, 2.45) is 7.05 Å². The summed E-state index contributed by atoms with van der Waals surface area (Å²) in [6.07, 6.45) is 4.28. The van der Waals surface area contributed by atoms with Crippen molar-refractivity contribution < 1.29 is 18.7 Å². The minimum Gasteiger partial charge on any atom is -0.496 e. The summed E-state index contributed by atoms with van der Waals surface area (Å²) in [5, 5.41) is 0. The summed E-state index contributed by atoms with van der Waals surface area (Å²) < 4.78 is 20.6. The quantitative estimate of drug-likeness (QED) is 0.844. The molecule has 2 amide bonds. The Kier molecular flexibility index (Phi) is 5.25. The highest BCUT2D eigenvalue weighted by Crippen LogP contribution is 2.22. The van der Waals surface area contributed by atoms with Gasteiger partial charge in [0.2, 0.25) is 0 Å². The minimum atomic E-state index is -0.482. The minimum absolute atomic E-state index is 0.0387. The van der Waals surface area contributed by atoms with Crippen LogP contribution in [0.2, 0.25) is 0 Å². The van der Waals surface area contributed by atoms with Gasteiger partial charge in [0.25, 0.3) is 11.8 Å². The summed E-state index contributed by atoms with van der Waals surface area (Å²) in [5.74, 6) is -0.457. The van der Waals surface area contributed by atoms with Crippen LogP contribution in [0.25, 0.3) is 0 Å². The summed E-state index contributed by atoms with van der Waals surface area (Å²) in [5.41, 5.74) is 0.842. The van der Waals surface area contributed by atoms with E-state index in [0.717, 1.165) is 0 Å². The van der Waals surface area contributed by atoms with E-state index in [-0.39, 0.29) is 17.4 Å². The Labute approximate surface area is 151 Å². The first-order valence-electron chi connectivity index (χ1n) is 8.53. The number of hydrogen-bond acceptors (Lipinski definition) is 3. The van der Waals surface area contributed by atoms with E-state index in [1.807, 2.05) is 17.8 Å². The molecule has 1 saturated heterocycles. The largest absolute Gasteiger partial charge is 0.496 e. The zero-order valence-corrected chi connectivity index (χ0v) is 14.9. The number of carbonyl (C=O) groups is 2. The second kappa shape index (κ2) is 7.59. The third kappa shape index (κ3) is 3.71. The molecule has 138 valence electrons. The lowest BCUT2D eigenvalue weighted by molar-refractivity contribution is 0.0716. The number of methoxy groups -OCH3 is 1. The number of carbonyl (C=O) groups excluding carboxylic acids is 2. The molecule has 0 atom stereocenters. The fraction of sp³-hybridized carbons (Fsp3) is 0.368. The third-order valence-electron chi connectivity index (χ3n) is 4.54. The number of benzene rings is 1. The van der Waals surface area contributed by atoms with Crippen LogP contribution in [0.15, 0.2) is 36.7 Å². The Morgan fingerprint density at radius 3 is 2.35 bits per heavy atom. The van der Waals surface area contributed by atoms with Crippen LogP contribution >= 0.6 is 0 Å². The van der Waals surface area contributed by atoms with Crippen molar-refractivity contribution in [3.8, 4) is 5.75 Å². The van der Waals surface area contributed by atoms with Gasteiger partial charge in [-0.15, -0.1) is 0 Å². The number of halogens is 1. The van der Waals surface area contributed by atoms with E-state index < -0.39 is 5.82 Å². The lowest BCUT2D eigenvalue weighted by Crippen LogP contribution is -2.37. The van der Waals surface area contributed by atoms with E-state index in [2.05, 4.69) is 0 Å². The van der Waals surface area contributed by atoms with E-state index in [1.165, 1.54) is 25.3 Å². The molecule has 2 heterocycles. The third-order valence-corrected chi connectivity index (χ3v) is 4.54. The van der Waals surface area contributed by atoms with Gasteiger partial charge in [-0.2, -0.15) is 0 Å². The van der Waals surface area contributed by atoms with E-state index in [9.17, 15) is 14.0 Å². The number of aryl methyl sites for hydroxylation is 1. The molecule has 1 fully saturated rings. The lowest BCUT2D eigenvalue weighted by atomic mass is 10.1. The van der Waals surface area contributed by atoms with Crippen molar-refractivity contribution in [2.45, 2.75) is 6.42 Å². The number of ether oxygens (including phenoxy) is 1. The van der Waals surface area contributed by atoms with Gasteiger partial charge >= 0.3 is 0 Å². The highest BCUT2D eigenvalue weighted by atomic mass is 19.1. The second-order valence-corrected chi connectivity index (χ2v) is 6.35. The summed E-state index contributed by atoms with van der Waals surface area (Å²) in [4.78, 5) is 28.8. The van der Waals surface area contributed by atoms with Crippen molar-refractivity contribution in [2.75, 3.05) is 33.3 Å². The van der Waals surface area contributed by atoms with Gasteiger partial charge in [0, 0.05) is 45.6 Å². The normalized spacial score (nSPS) is 14.9. The van der Waals surface area contributed by atoms with Crippen LogP contribution in [0.1, 0.15) is 27.1 Å². The molecule has 2 aromatic rings. The van der Waals surface area contributed by atoms with Crippen LogP contribution in [0.5, 0.6) is 5.75 Å². The predicted molar refractivity (Wildman–Crippen MR) is 94.8 cm³/mol. The topological polar surface area (TPSA) is 54.8 Å². The molecule has 0 spiro atoms. The molecule has 0 saturated carbocycles. The summed E-state index contributed by atoms with van der Waals surface area (Å²) in [6.45, 7) is 1.93. The van der Waals surface area contributed by atoms with Gasteiger partial charge in [-0.05, 0) is 30.7 Å². The Hall–Kier alpha value is -2.83. The Morgan fingerprint density at radius 2 is 1.73 bits per heavy atom. The van der Waals surface area contributed by atoms with Crippen LogP contribution in [-0.2, 0) is 7.05 Å². The molecule has 1 aliphatic rings. The SMILES string of the molecule is COc1ccc(F)cc1C(=O)N1CCCN(C(=O)c2ccn(C)c2)CC1. The van der Waals surface area contributed by atoms with Crippen molar-refractivity contribution in [3.05, 3.63) is 53.6 Å². The molecule has 1 aromatic heterocycles. The van der Waals surface area contributed by atoms with Gasteiger partial charge < -0.3 is 19.1 Å². The molecule has 3 rings (SSSR count). The number of aromatic nitrogens is 1. The van der Waals surface area contributed by atoms with Gasteiger partial charge in [-0.1, -0.05) is 0 Å². The number of amides is 2. The smallest absolute Gasteiger partial charge is 0.257 e. The van der Waals surface area contributed by atoms with Crippen molar-refractivity contribution in [1.82, 2.24) is 14.4 Å². The Bertz CT molecular complexity index is 818. The van der Waals surface area contributed by atoms with Crippen LogP contribution in [0.3, 0.4) is 0 Å². The van der Waals surface area contributed by atoms with Crippen molar-refractivity contribution >= 4 is 11.8 Å². The Morgan fingerprint density at radius 1 is 1.04 bits per heavy atom. The van der Waals surface area contributed by atoms with E-state index in [4.69, 9.17) is 4.74 Å². The number of hydrogen-bond donors (Lipinski definition) is 0. The van der Waals surface area contributed by atoms with Gasteiger partial charge in [-0.3, -0.25) is 9.59 Å². The lowest BCUT2D eigenvalue weighted by Gasteiger charge is -2.22. The van der Waals surface area contributed by atoms with Gasteiger partial charge in [0.15, 0.2) is 0 Å². The highest BCUT2D eigenvalue weighted by molar-refractivity contribution is 5.97. The van der Waals surface area contributed by atoms with Crippen LogP contribution in [-0.4, -0.2) is 59.5 Å². The van der Waals surface area contributed by atoms with Gasteiger partial charge in [-0.25, -0.2) is 4.39 Å². The maximum Gasteiger partial charge on any atom is 0.257 e. The zero-order chi connectivity index (χ0) is 18.7. The van der Waals surface area contributed by atoms with Gasteiger partial charge in [0.05, 0.1) is 18.2 Å². The van der Waals surface area contributed by atoms with Gasteiger partial charge in [0.1, 0.15) is 11.6 Å². The molecule has 7 heteroatoms. The van der Waals surface area contributed by atoms with Crippen LogP contribution in [0, 0.1) is 5.82 Å². The molecule has 0 aliphatic carbocycles. The number of rotatable bonds is 3. The van der Waals surface area contributed by atoms with Crippen molar-refractivity contribution in [3.63, 3.8) is 0 Å². The second-order valence-electron chi connectivity index (χ2n) is 6.35. The summed E-state index contributed by atoms with van der Waals surface area (Å²) in [6, 6.07) is 5.69. The molecule has 1 aliphatic heterocycles. The first kappa shape index (κ1) is 18.0. The van der Waals surface area contributed by atoms with Crippen molar-refractivity contribution in [1.29, 1.82) is 0 Å². The average Bonchev–Trinajstić information content (AvgIpc) is 2.92. The molecule has 1 aromatic carbocycles. The van der Waals surface area contributed by atoms with Crippen LogP contribution in [0.4, 0.5) is 4.39 Å². The maximum atomic E-state index is 13.6. The zero-order valence-electron chi connectivity index (χ0n) is 14.9. The molecule has 0 N–H and O–H groups in total.